The predicted octanol–water partition coefficient (Wildman–Crippen LogP) is 2.32. The molecule has 0 radical (unpaired) electrons. The van der Waals surface area contributed by atoms with Crippen LogP contribution in [0.5, 0.6) is 0 Å². The molecule has 2 heterocycles. The Bertz CT molecular complexity index is 859. The summed E-state index contributed by atoms with van der Waals surface area (Å²) in [7, 11) is 1.94. The van der Waals surface area contributed by atoms with Crippen molar-refractivity contribution in [3.63, 3.8) is 0 Å². The van der Waals surface area contributed by atoms with Crippen molar-refractivity contribution < 1.29 is 4.79 Å². The van der Waals surface area contributed by atoms with Gasteiger partial charge in [-0.05, 0) is 37.2 Å². The Morgan fingerprint density at radius 3 is 2.65 bits per heavy atom. The van der Waals surface area contributed by atoms with Crippen LogP contribution in [0.15, 0.2) is 61.1 Å². The fraction of sp³-hybridized carbons (Fsp3) is 0.250. The van der Waals surface area contributed by atoms with Crippen LogP contribution in [0.4, 0.5) is 0 Å². The summed E-state index contributed by atoms with van der Waals surface area (Å²) in [6.07, 6.45) is 5.37. The summed E-state index contributed by atoms with van der Waals surface area (Å²) in [4.78, 5) is 22.8. The van der Waals surface area contributed by atoms with E-state index in [1.54, 1.807) is 12.4 Å². The highest BCUT2D eigenvalue weighted by Gasteiger charge is 2.08. The molecule has 0 unspecified atom stereocenters. The molecule has 0 atom stereocenters. The Kier molecular flexibility index (Phi) is 5.76. The summed E-state index contributed by atoms with van der Waals surface area (Å²) in [6.45, 7) is 3.50. The second kappa shape index (κ2) is 8.40. The maximum atomic E-state index is 12.2. The molecular formula is C20H23N5O. The van der Waals surface area contributed by atoms with Gasteiger partial charge < -0.3 is 5.32 Å². The summed E-state index contributed by atoms with van der Waals surface area (Å²) in [5.74, 6) is 1.68. The third kappa shape index (κ3) is 4.77. The van der Waals surface area contributed by atoms with E-state index in [2.05, 4.69) is 27.4 Å². The molecule has 0 bridgehead atoms. The Hall–Kier alpha value is -2.99. The third-order valence-electron chi connectivity index (χ3n) is 4.08. The molecule has 0 saturated heterocycles. The molecule has 3 aromatic rings. The fourth-order valence-corrected chi connectivity index (χ4v) is 2.78. The van der Waals surface area contributed by atoms with Gasteiger partial charge in [0.05, 0.1) is 6.54 Å². The van der Waals surface area contributed by atoms with E-state index in [1.807, 2.05) is 60.0 Å². The number of likely N-dealkylation sites (N-methyl/N-ethyl adjacent to an activating group) is 1. The van der Waals surface area contributed by atoms with Crippen LogP contribution in [0, 0.1) is 6.92 Å². The van der Waals surface area contributed by atoms with Gasteiger partial charge in [0.1, 0.15) is 11.6 Å². The number of carbonyl (C=O) groups excluding carboxylic acids is 1. The number of hydrogen-bond donors (Lipinski definition) is 1. The van der Waals surface area contributed by atoms with Gasteiger partial charge in [0, 0.05) is 31.7 Å². The number of aromatic nitrogens is 3. The van der Waals surface area contributed by atoms with Gasteiger partial charge in [-0.2, -0.15) is 0 Å². The first-order valence-corrected chi connectivity index (χ1v) is 8.56. The Morgan fingerprint density at radius 2 is 1.92 bits per heavy atom. The van der Waals surface area contributed by atoms with Gasteiger partial charge >= 0.3 is 0 Å². The quantitative estimate of drug-likeness (QED) is 0.711. The minimum atomic E-state index is 0.000560. The number of rotatable bonds is 7. The van der Waals surface area contributed by atoms with Crippen LogP contribution < -0.4 is 5.32 Å². The molecule has 0 spiro atoms. The molecule has 6 heteroatoms. The second-order valence-corrected chi connectivity index (χ2v) is 6.30. The number of benzene rings is 1. The maximum absolute atomic E-state index is 12.2. The Morgan fingerprint density at radius 1 is 1.12 bits per heavy atom. The smallest absolute Gasteiger partial charge is 0.234 e. The molecule has 1 amide bonds. The normalized spacial score (nSPS) is 10.9. The number of nitrogens with zero attached hydrogens (tertiary/aromatic N) is 4. The lowest BCUT2D eigenvalue weighted by Gasteiger charge is -2.16. The van der Waals surface area contributed by atoms with E-state index < -0.39 is 0 Å². The molecule has 0 aliphatic carbocycles. The van der Waals surface area contributed by atoms with Crippen molar-refractivity contribution in [2.45, 2.75) is 20.0 Å². The van der Waals surface area contributed by atoms with Crippen LogP contribution in [-0.4, -0.2) is 38.9 Å². The second-order valence-electron chi connectivity index (χ2n) is 6.30. The zero-order valence-corrected chi connectivity index (χ0v) is 15.1. The lowest BCUT2D eigenvalue weighted by atomic mass is 10.2. The first kappa shape index (κ1) is 17.8. The predicted molar refractivity (Wildman–Crippen MR) is 101 cm³/mol. The van der Waals surface area contributed by atoms with Gasteiger partial charge in [-0.15, -0.1) is 0 Å². The lowest BCUT2D eigenvalue weighted by Crippen LogP contribution is -2.34. The Labute approximate surface area is 153 Å². The largest absolute Gasteiger partial charge is 0.351 e. The molecular weight excluding hydrogens is 326 g/mol. The number of amides is 1. The van der Waals surface area contributed by atoms with Gasteiger partial charge in [0.15, 0.2) is 0 Å². The molecule has 0 aliphatic heterocycles. The summed E-state index contributed by atoms with van der Waals surface area (Å²) in [5, 5.41) is 2.97. The fourth-order valence-electron chi connectivity index (χ4n) is 2.78. The van der Waals surface area contributed by atoms with Gasteiger partial charge in [-0.1, -0.05) is 30.3 Å². The minimum absolute atomic E-state index is 0.000560. The van der Waals surface area contributed by atoms with Crippen molar-refractivity contribution in [1.82, 2.24) is 24.8 Å². The average molecular weight is 349 g/mol. The molecule has 6 nitrogen and oxygen atoms in total. The molecule has 0 aliphatic rings. The van der Waals surface area contributed by atoms with Gasteiger partial charge in [0.2, 0.25) is 5.91 Å². The van der Waals surface area contributed by atoms with E-state index in [9.17, 15) is 4.79 Å². The van der Waals surface area contributed by atoms with Crippen LogP contribution in [0.1, 0.15) is 17.0 Å². The maximum Gasteiger partial charge on any atom is 0.234 e. The first-order valence-electron chi connectivity index (χ1n) is 8.56. The van der Waals surface area contributed by atoms with Crippen molar-refractivity contribution in [1.29, 1.82) is 0 Å². The van der Waals surface area contributed by atoms with Crippen LogP contribution in [0.2, 0.25) is 0 Å². The van der Waals surface area contributed by atoms with Crippen molar-refractivity contribution in [2.24, 2.45) is 0 Å². The summed E-state index contributed by atoms with van der Waals surface area (Å²) in [5.41, 5.74) is 2.19. The van der Waals surface area contributed by atoms with Gasteiger partial charge in [-0.3, -0.25) is 14.3 Å². The molecule has 1 aromatic carbocycles. The van der Waals surface area contributed by atoms with Crippen molar-refractivity contribution in [3.8, 4) is 5.82 Å². The summed E-state index contributed by atoms with van der Waals surface area (Å²) >= 11 is 0. The highest BCUT2D eigenvalue weighted by molar-refractivity contribution is 5.77. The number of aryl methyl sites for hydroxylation is 1. The van der Waals surface area contributed by atoms with Crippen LogP contribution in [-0.2, 0) is 17.9 Å². The van der Waals surface area contributed by atoms with Crippen molar-refractivity contribution in [2.75, 3.05) is 13.6 Å². The van der Waals surface area contributed by atoms with E-state index in [-0.39, 0.29) is 5.91 Å². The molecule has 1 N–H and O–H groups in total. The molecule has 2 aromatic heterocycles. The zero-order chi connectivity index (χ0) is 18.4. The van der Waals surface area contributed by atoms with Gasteiger partial charge in [0.25, 0.3) is 0 Å². The SMILES string of the molecule is Cc1nccn1-c1cc(CNC(=O)CN(C)Cc2ccccc2)ccn1. The highest BCUT2D eigenvalue weighted by atomic mass is 16.2. The standard InChI is InChI=1S/C20H23N5O/c1-16-21-10-11-25(16)19-12-18(8-9-22-19)13-23-20(26)15-24(2)14-17-6-4-3-5-7-17/h3-12H,13-15H2,1-2H3,(H,23,26). The zero-order valence-electron chi connectivity index (χ0n) is 15.1. The van der Waals surface area contributed by atoms with Crippen molar-refractivity contribution in [3.05, 3.63) is 78.0 Å². The van der Waals surface area contributed by atoms with Gasteiger partial charge in [-0.25, -0.2) is 9.97 Å². The highest BCUT2D eigenvalue weighted by Crippen LogP contribution is 2.09. The van der Waals surface area contributed by atoms with Crippen LogP contribution in [0.3, 0.4) is 0 Å². The average Bonchev–Trinajstić information content (AvgIpc) is 3.07. The lowest BCUT2D eigenvalue weighted by molar-refractivity contribution is -0.122. The third-order valence-corrected chi connectivity index (χ3v) is 4.08. The Balaban J connectivity index is 1.52. The summed E-state index contributed by atoms with van der Waals surface area (Å²) < 4.78 is 1.92. The monoisotopic (exact) mass is 349 g/mol. The molecule has 26 heavy (non-hydrogen) atoms. The van der Waals surface area contributed by atoms with E-state index in [0.29, 0.717) is 13.1 Å². The minimum Gasteiger partial charge on any atom is -0.351 e. The van der Waals surface area contributed by atoms with Crippen LogP contribution >= 0.6 is 0 Å². The molecule has 0 fully saturated rings. The van der Waals surface area contributed by atoms with Crippen LogP contribution in [0.25, 0.3) is 5.82 Å². The van der Waals surface area contributed by atoms with E-state index in [1.165, 1.54) is 5.56 Å². The molecule has 134 valence electrons. The first-order chi connectivity index (χ1) is 12.6. The molecule has 0 saturated carbocycles. The number of nitrogens with one attached hydrogen (secondary N) is 1. The number of pyridine rings is 1. The topological polar surface area (TPSA) is 63.1 Å². The van der Waals surface area contributed by atoms with E-state index in [4.69, 9.17) is 0 Å². The number of carbonyl (C=O) groups is 1. The van der Waals surface area contributed by atoms with Crippen molar-refractivity contribution >= 4 is 5.91 Å². The number of hydrogen-bond acceptors (Lipinski definition) is 4. The molecule has 3 rings (SSSR count). The van der Waals surface area contributed by atoms with E-state index >= 15 is 0 Å². The van der Waals surface area contributed by atoms with E-state index in [0.717, 1.165) is 23.8 Å². The number of imidazole rings is 1. The summed E-state index contributed by atoms with van der Waals surface area (Å²) in [6, 6.07) is 14.0.